The smallest absolute Gasteiger partial charge is 0.174 e. The van der Waals surface area contributed by atoms with Gasteiger partial charge in [0, 0.05) is 15.3 Å². The fraction of sp³-hybridized carbons (Fsp3) is 0.615. The zero-order valence-electron chi connectivity index (χ0n) is 10.7. The monoisotopic (exact) mass is 269 g/mol. The van der Waals surface area contributed by atoms with Crippen LogP contribution < -0.4 is 0 Å². The molecule has 2 heterocycles. The molecule has 1 atom stereocenters. The van der Waals surface area contributed by atoms with Gasteiger partial charge in [0.1, 0.15) is 0 Å². The molecule has 0 bridgehead atoms. The van der Waals surface area contributed by atoms with Crippen molar-refractivity contribution in [1.82, 2.24) is 0 Å². The van der Waals surface area contributed by atoms with Crippen molar-refractivity contribution in [2.45, 2.75) is 57.8 Å². The summed E-state index contributed by atoms with van der Waals surface area (Å²) in [5, 5.41) is 0. The lowest BCUT2D eigenvalue weighted by Gasteiger charge is -2.01. The summed E-state index contributed by atoms with van der Waals surface area (Å²) in [6.45, 7) is 6.37. The number of hydrogen-bond acceptors (Lipinski definition) is 2. The van der Waals surface area contributed by atoms with Gasteiger partial charge in [-0.15, -0.1) is 11.3 Å². The first-order chi connectivity index (χ1) is 8.15. The van der Waals surface area contributed by atoms with Crippen molar-refractivity contribution in [1.29, 1.82) is 0 Å². The fourth-order valence-electron chi connectivity index (χ4n) is 2.29. The maximum absolute atomic E-state index is 11.9. The van der Waals surface area contributed by atoms with Crippen LogP contribution in [0.1, 0.15) is 54.3 Å². The van der Waals surface area contributed by atoms with Crippen LogP contribution in [0.3, 0.4) is 0 Å². The van der Waals surface area contributed by atoms with Gasteiger partial charge in [-0.05, 0) is 26.7 Å². The van der Waals surface area contributed by atoms with Crippen molar-refractivity contribution >= 4 is 28.0 Å². The molecule has 2 nitrogen and oxygen atoms in total. The molecule has 17 heavy (non-hydrogen) atoms. The number of nitrogens with zero attached hydrogens (tertiary/aromatic N) is 1. The maximum Gasteiger partial charge on any atom is 0.174 e. The van der Waals surface area contributed by atoms with Crippen LogP contribution in [-0.2, 0) is 11.0 Å². The predicted octanol–water partition coefficient (Wildman–Crippen LogP) is 4.16. The minimum atomic E-state index is -1.13. The SMILES string of the molecule is CCCCCCC1=NS(=O)c2c(C)sc(C)c21. The molecular formula is C13H19NOS2. The zero-order valence-corrected chi connectivity index (χ0v) is 12.3. The van der Waals surface area contributed by atoms with E-state index in [1.807, 2.05) is 6.92 Å². The highest BCUT2D eigenvalue weighted by Crippen LogP contribution is 2.36. The topological polar surface area (TPSA) is 29.4 Å². The first-order valence-electron chi connectivity index (χ1n) is 6.25. The Hall–Kier alpha value is -0.480. The normalized spacial score (nSPS) is 18.3. The molecule has 1 aromatic heterocycles. The largest absolute Gasteiger partial charge is 0.229 e. The van der Waals surface area contributed by atoms with Crippen molar-refractivity contribution in [2.75, 3.05) is 0 Å². The van der Waals surface area contributed by atoms with E-state index in [2.05, 4.69) is 18.2 Å². The van der Waals surface area contributed by atoms with Gasteiger partial charge >= 0.3 is 0 Å². The number of thiophene rings is 1. The highest BCUT2D eigenvalue weighted by Gasteiger charge is 2.27. The summed E-state index contributed by atoms with van der Waals surface area (Å²) >= 11 is 1.75. The number of unbranched alkanes of at least 4 members (excludes halogenated alkanes) is 3. The molecule has 0 saturated heterocycles. The van der Waals surface area contributed by atoms with Crippen LogP contribution in [0.5, 0.6) is 0 Å². The molecule has 0 aliphatic carbocycles. The van der Waals surface area contributed by atoms with Crippen molar-refractivity contribution in [3.63, 3.8) is 0 Å². The van der Waals surface area contributed by atoms with E-state index in [0.717, 1.165) is 23.4 Å². The van der Waals surface area contributed by atoms with Crippen molar-refractivity contribution in [3.05, 3.63) is 15.3 Å². The van der Waals surface area contributed by atoms with Crippen LogP contribution in [-0.4, -0.2) is 9.92 Å². The summed E-state index contributed by atoms with van der Waals surface area (Å²) in [7, 11) is -1.13. The van der Waals surface area contributed by atoms with Gasteiger partial charge in [-0.1, -0.05) is 26.2 Å². The van der Waals surface area contributed by atoms with Gasteiger partial charge in [0.15, 0.2) is 11.0 Å². The Balaban J connectivity index is 2.12. The summed E-state index contributed by atoms with van der Waals surface area (Å²) in [6.07, 6.45) is 5.93. The van der Waals surface area contributed by atoms with Gasteiger partial charge in [-0.25, -0.2) is 4.21 Å². The molecule has 0 amide bonds. The Kier molecular flexibility index (Phi) is 4.15. The lowest BCUT2D eigenvalue weighted by molar-refractivity contribution is 0.682. The van der Waals surface area contributed by atoms with E-state index in [9.17, 15) is 4.21 Å². The van der Waals surface area contributed by atoms with Crippen LogP contribution in [0.2, 0.25) is 0 Å². The van der Waals surface area contributed by atoms with E-state index in [4.69, 9.17) is 0 Å². The summed E-state index contributed by atoms with van der Waals surface area (Å²) in [5.74, 6) is 0. The lowest BCUT2D eigenvalue weighted by Crippen LogP contribution is -1.98. The third-order valence-corrected chi connectivity index (χ3v) is 5.52. The molecule has 1 aliphatic rings. The molecule has 0 saturated carbocycles. The standard InChI is InChI=1S/C13H19NOS2/c1-4-5-6-7-8-11-12-9(2)16-10(3)13(12)17(15)14-11/h4-8H2,1-3H3. The van der Waals surface area contributed by atoms with E-state index in [0.29, 0.717) is 0 Å². The molecule has 0 spiro atoms. The van der Waals surface area contributed by atoms with Crippen LogP contribution in [0.4, 0.5) is 0 Å². The fourth-order valence-corrected chi connectivity index (χ4v) is 4.83. The minimum Gasteiger partial charge on any atom is -0.229 e. The Morgan fingerprint density at radius 1 is 1.18 bits per heavy atom. The number of hydrogen-bond donors (Lipinski definition) is 0. The third-order valence-electron chi connectivity index (χ3n) is 3.13. The molecular weight excluding hydrogens is 250 g/mol. The van der Waals surface area contributed by atoms with E-state index in [1.54, 1.807) is 11.3 Å². The molecule has 4 heteroatoms. The van der Waals surface area contributed by atoms with Crippen molar-refractivity contribution in [3.8, 4) is 0 Å². The summed E-state index contributed by atoms with van der Waals surface area (Å²) < 4.78 is 16.3. The van der Waals surface area contributed by atoms with Gasteiger partial charge < -0.3 is 0 Å². The van der Waals surface area contributed by atoms with Gasteiger partial charge in [-0.2, -0.15) is 4.40 Å². The predicted molar refractivity (Wildman–Crippen MR) is 75.5 cm³/mol. The van der Waals surface area contributed by atoms with Crippen LogP contribution >= 0.6 is 11.3 Å². The Labute approximate surface area is 110 Å². The van der Waals surface area contributed by atoms with Crippen LogP contribution in [0.15, 0.2) is 9.29 Å². The molecule has 1 aliphatic heterocycles. The lowest BCUT2D eigenvalue weighted by atomic mass is 10.0. The second-order valence-corrected chi connectivity index (χ2v) is 7.03. The molecule has 1 aromatic rings. The van der Waals surface area contributed by atoms with E-state index < -0.39 is 11.0 Å². The van der Waals surface area contributed by atoms with Gasteiger partial charge in [0.05, 0.1) is 10.6 Å². The van der Waals surface area contributed by atoms with Crippen LogP contribution in [0.25, 0.3) is 0 Å². The van der Waals surface area contributed by atoms with Crippen molar-refractivity contribution < 1.29 is 4.21 Å². The molecule has 0 fully saturated rings. The van der Waals surface area contributed by atoms with Crippen LogP contribution in [0, 0.1) is 13.8 Å². The second-order valence-electron chi connectivity index (χ2n) is 4.52. The quantitative estimate of drug-likeness (QED) is 0.738. The van der Waals surface area contributed by atoms with Crippen molar-refractivity contribution in [2.24, 2.45) is 4.40 Å². The molecule has 0 N–H and O–H groups in total. The highest BCUT2D eigenvalue weighted by atomic mass is 32.2. The minimum absolute atomic E-state index is 0.982. The first kappa shape index (κ1) is 13.0. The van der Waals surface area contributed by atoms with E-state index >= 15 is 0 Å². The van der Waals surface area contributed by atoms with E-state index in [-0.39, 0.29) is 0 Å². The highest BCUT2D eigenvalue weighted by molar-refractivity contribution is 7.84. The van der Waals surface area contributed by atoms with Gasteiger partial charge in [-0.3, -0.25) is 0 Å². The third kappa shape index (κ3) is 2.52. The maximum atomic E-state index is 11.9. The molecule has 0 radical (unpaired) electrons. The Morgan fingerprint density at radius 3 is 2.65 bits per heavy atom. The Bertz CT molecular complexity index is 474. The first-order valence-corrected chi connectivity index (χ1v) is 8.17. The number of rotatable bonds is 5. The number of aryl methyl sites for hydroxylation is 2. The molecule has 2 rings (SSSR count). The average molecular weight is 269 g/mol. The molecule has 1 unspecified atom stereocenters. The second kappa shape index (κ2) is 5.44. The van der Waals surface area contributed by atoms with Gasteiger partial charge in [0.2, 0.25) is 0 Å². The summed E-state index contributed by atoms with van der Waals surface area (Å²) in [6, 6.07) is 0. The average Bonchev–Trinajstić information content (AvgIpc) is 2.75. The molecule has 94 valence electrons. The number of fused-ring (bicyclic) bond motifs is 1. The van der Waals surface area contributed by atoms with Gasteiger partial charge in [0.25, 0.3) is 0 Å². The van der Waals surface area contributed by atoms with E-state index in [1.165, 1.54) is 34.6 Å². The summed E-state index contributed by atoms with van der Waals surface area (Å²) in [4.78, 5) is 3.43. The summed E-state index contributed by atoms with van der Waals surface area (Å²) in [5.41, 5.74) is 2.28. The molecule has 0 aromatic carbocycles. The zero-order chi connectivity index (χ0) is 12.4. The Morgan fingerprint density at radius 2 is 1.94 bits per heavy atom.